The van der Waals surface area contributed by atoms with E-state index in [0.717, 1.165) is 16.8 Å². The Balaban J connectivity index is 1.47. The molecular weight excluding hydrogens is 470 g/mol. The van der Waals surface area contributed by atoms with Crippen LogP contribution >= 0.6 is 0 Å². The van der Waals surface area contributed by atoms with Crippen LogP contribution in [0.2, 0.25) is 0 Å². The molecule has 4 aromatic rings. The summed E-state index contributed by atoms with van der Waals surface area (Å²) in [5.74, 6) is 0.965. The first-order chi connectivity index (χ1) is 17.9. The summed E-state index contributed by atoms with van der Waals surface area (Å²) < 4.78 is 5.24. The fourth-order valence-electron chi connectivity index (χ4n) is 4.51. The lowest BCUT2D eigenvalue weighted by Crippen LogP contribution is -2.39. The molecule has 2 aromatic heterocycles. The average Bonchev–Trinajstić information content (AvgIpc) is 3.50. The van der Waals surface area contributed by atoms with Gasteiger partial charge in [-0.3, -0.25) is 4.79 Å². The van der Waals surface area contributed by atoms with E-state index in [0.29, 0.717) is 29.4 Å². The number of anilines is 3. The van der Waals surface area contributed by atoms with Crippen molar-refractivity contribution < 1.29 is 14.4 Å². The number of carbonyl (C=O) groups is 1. The highest BCUT2D eigenvalue weighted by molar-refractivity contribution is 6.00. The van der Waals surface area contributed by atoms with E-state index in [-0.39, 0.29) is 18.4 Å². The Bertz CT molecular complexity index is 1420. The van der Waals surface area contributed by atoms with Gasteiger partial charge in [0.15, 0.2) is 6.33 Å². The standard InChI is InChI=1S/C27H27N7O3/c1-4-12-34-25(36)19-11-10-18(13-21(19)27(34,2)3)31-26-28-14-20(24-29-16-30-37-24)23(33-26)32-22(15-35)17-8-6-5-7-9-17/h4-11,13-14,16,22,35H,1,12,15H2,2-3H3,(H2,28,31,32,33)/t22-/m1/s1. The van der Waals surface area contributed by atoms with Crippen LogP contribution in [0.15, 0.2) is 78.2 Å². The van der Waals surface area contributed by atoms with Gasteiger partial charge in [-0.05, 0) is 43.2 Å². The smallest absolute Gasteiger partial charge is 0.262 e. The van der Waals surface area contributed by atoms with Crippen molar-refractivity contribution in [1.82, 2.24) is 25.0 Å². The van der Waals surface area contributed by atoms with Crippen molar-refractivity contribution in [2.24, 2.45) is 0 Å². The SMILES string of the molecule is C=CCN1C(=O)c2ccc(Nc3ncc(-c4ncno4)c(N[C@H](CO)c4ccccc4)n3)cc2C1(C)C. The highest BCUT2D eigenvalue weighted by Gasteiger charge is 2.42. The average molecular weight is 498 g/mol. The normalized spacial score (nSPS) is 14.8. The third kappa shape index (κ3) is 4.54. The summed E-state index contributed by atoms with van der Waals surface area (Å²) in [5, 5.41) is 20.3. The maximum Gasteiger partial charge on any atom is 0.262 e. The molecule has 3 heterocycles. The monoisotopic (exact) mass is 497 g/mol. The maximum atomic E-state index is 12.9. The number of amides is 1. The fourth-order valence-corrected chi connectivity index (χ4v) is 4.51. The molecule has 0 aliphatic carbocycles. The van der Waals surface area contributed by atoms with E-state index in [2.05, 4.69) is 37.3 Å². The Hall–Kier alpha value is -4.57. The number of rotatable bonds is 9. The van der Waals surface area contributed by atoms with Gasteiger partial charge < -0.3 is 25.2 Å². The number of aromatic nitrogens is 4. The number of aliphatic hydroxyl groups is 1. The molecule has 1 atom stereocenters. The lowest BCUT2D eigenvalue weighted by Gasteiger charge is -2.31. The van der Waals surface area contributed by atoms with Crippen molar-refractivity contribution in [3.05, 3.63) is 90.4 Å². The van der Waals surface area contributed by atoms with E-state index in [1.807, 2.05) is 62.4 Å². The van der Waals surface area contributed by atoms with Gasteiger partial charge >= 0.3 is 0 Å². The van der Waals surface area contributed by atoms with Gasteiger partial charge in [0.25, 0.3) is 11.8 Å². The number of aliphatic hydroxyl groups excluding tert-OH is 1. The third-order valence-corrected chi connectivity index (χ3v) is 6.47. The summed E-state index contributed by atoms with van der Waals surface area (Å²) in [7, 11) is 0. The summed E-state index contributed by atoms with van der Waals surface area (Å²) in [6, 6.07) is 14.7. The Labute approximate surface area is 214 Å². The van der Waals surface area contributed by atoms with Crippen LogP contribution in [0.3, 0.4) is 0 Å². The quantitative estimate of drug-likeness (QED) is 0.290. The lowest BCUT2D eigenvalue weighted by atomic mass is 9.93. The zero-order valence-electron chi connectivity index (χ0n) is 20.5. The topological polar surface area (TPSA) is 129 Å². The third-order valence-electron chi connectivity index (χ3n) is 6.47. The molecule has 3 N–H and O–H groups in total. The maximum absolute atomic E-state index is 12.9. The van der Waals surface area contributed by atoms with Crippen LogP contribution < -0.4 is 10.6 Å². The molecule has 10 nitrogen and oxygen atoms in total. The minimum atomic E-state index is -0.488. The molecule has 1 aliphatic heterocycles. The molecule has 10 heteroatoms. The first-order valence-corrected chi connectivity index (χ1v) is 11.8. The van der Waals surface area contributed by atoms with Gasteiger partial charge in [-0.15, -0.1) is 6.58 Å². The Morgan fingerprint density at radius 3 is 2.68 bits per heavy atom. The molecule has 2 aromatic carbocycles. The van der Waals surface area contributed by atoms with E-state index in [4.69, 9.17) is 4.52 Å². The summed E-state index contributed by atoms with van der Waals surface area (Å²) in [6.45, 7) is 8.12. The van der Waals surface area contributed by atoms with Crippen molar-refractivity contribution in [2.45, 2.75) is 25.4 Å². The van der Waals surface area contributed by atoms with Gasteiger partial charge in [0.05, 0.1) is 18.2 Å². The number of nitrogens with zero attached hydrogens (tertiary/aromatic N) is 5. The van der Waals surface area contributed by atoms with Crippen LogP contribution in [0.1, 0.15) is 41.4 Å². The number of carbonyl (C=O) groups excluding carboxylic acids is 1. The summed E-state index contributed by atoms with van der Waals surface area (Å²) in [4.78, 5) is 27.9. The number of fused-ring (bicyclic) bond motifs is 1. The number of hydrogen-bond acceptors (Lipinski definition) is 9. The van der Waals surface area contributed by atoms with Gasteiger partial charge in [-0.25, -0.2) is 4.98 Å². The molecule has 0 radical (unpaired) electrons. The fraction of sp³-hybridized carbons (Fsp3) is 0.222. The summed E-state index contributed by atoms with van der Waals surface area (Å²) in [5.41, 5.74) is 3.22. The molecule has 1 amide bonds. The Morgan fingerprint density at radius 2 is 1.97 bits per heavy atom. The highest BCUT2D eigenvalue weighted by atomic mass is 16.5. The lowest BCUT2D eigenvalue weighted by molar-refractivity contribution is 0.0652. The van der Waals surface area contributed by atoms with Crippen molar-refractivity contribution in [3.8, 4) is 11.5 Å². The second-order valence-electron chi connectivity index (χ2n) is 9.14. The molecule has 5 rings (SSSR count). The summed E-state index contributed by atoms with van der Waals surface area (Å²) >= 11 is 0. The van der Waals surface area contributed by atoms with Crippen LogP contribution in [0.4, 0.5) is 17.5 Å². The first-order valence-electron chi connectivity index (χ1n) is 11.8. The molecule has 0 spiro atoms. The van der Waals surface area contributed by atoms with E-state index >= 15 is 0 Å². The Morgan fingerprint density at radius 1 is 1.16 bits per heavy atom. The van der Waals surface area contributed by atoms with Gasteiger partial charge in [-0.1, -0.05) is 41.6 Å². The molecule has 0 saturated carbocycles. The van der Waals surface area contributed by atoms with E-state index in [1.165, 1.54) is 6.33 Å². The molecule has 37 heavy (non-hydrogen) atoms. The van der Waals surface area contributed by atoms with Gasteiger partial charge in [-0.2, -0.15) is 9.97 Å². The first kappa shape index (κ1) is 24.1. The second-order valence-corrected chi connectivity index (χ2v) is 9.14. The van der Waals surface area contributed by atoms with Crippen LogP contribution in [0.25, 0.3) is 11.5 Å². The highest BCUT2D eigenvalue weighted by Crippen LogP contribution is 2.40. The molecular formula is C27H27N7O3. The second kappa shape index (κ2) is 9.82. The van der Waals surface area contributed by atoms with Gasteiger partial charge in [0.2, 0.25) is 5.95 Å². The van der Waals surface area contributed by atoms with E-state index < -0.39 is 11.6 Å². The Kier molecular flexibility index (Phi) is 6.41. The predicted molar refractivity (Wildman–Crippen MR) is 139 cm³/mol. The van der Waals surface area contributed by atoms with Crippen LogP contribution in [0.5, 0.6) is 0 Å². The largest absolute Gasteiger partial charge is 0.394 e. The van der Waals surface area contributed by atoms with Crippen LogP contribution in [0, 0.1) is 0 Å². The van der Waals surface area contributed by atoms with Crippen molar-refractivity contribution in [1.29, 1.82) is 0 Å². The van der Waals surface area contributed by atoms with Crippen molar-refractivity contribution >= 4 is 23.4 Å². The zero-order valence-corrected chi connectivity index (χ0v) is 20.5. The number of hydrogen-bond donors (Lipinski definition) is 3. The van der Waals surface area contributed by atoms with E-state index in [1.54, 1.807) is 17.2 Å². The number of benzene rings is 2. The molecule has 0 saturated heterocycles. The molecule has 0 unspecified atom stereocenters. The summed E-state index contributed by atoms with van der Waals surface area (Å²) in [6.07, 6.45) is 4.61. The van der Waals surface area contributed by atoms with Crippen LogP contribution in [-0.4, -0.2) is 49.2 Å². The predicted octanol–water partition coefficient (Wildman–Crippen LogP) is 4.29. The minimum absolute atomic E-state index is 0.0194. The molecule has 188 valence electrons. The zero-order chi connectivity index (χ0) is 26.0. The van der Waals surface area contributed by atoms with E-state index in [9.17, 15) is 9.90 Å². The molecule has 1 aliphatic rings. The number of nitrogens with one attached hydrogen (secondary N) is 2. The van der Waals surface area contributed by atoms with Gasteiger partial charge in [0.1, 0.15) is 11.4 Å². The van der Waals surface area contributed by atoms with Gasteiger partial charge in [0, 0.05) is 24.0 Å². The van der Waals surface area contributed by atoms with Crippen molar-refractivity contribution in [2.75, 3.05) is 23.8 Å². The molecule has 0 fully saturated rings. The van der Waals surface area contributed by atoms with Crippen LogP contribution in [-0.2, 0) is 5.54 Å². The van der Waals surface area contributed by atoms with Crippen molar-refractivity contribution in [3.63, 3.8) is 0 Å². The molecule has 0 bridgehead atoms. The minimum Gasteiger partial charge on any atom is -0.394 e.